The molecule has 2 nitrogen and oxygen atoms in total. The van der Waals surface area contributed by atoms with Crippen molar-refractivity contribution in [1.29, 1.82) is 0 Å². The van der Waals surface area contributed by atoms with Gasteiger partial charge in [-0.15, -0.1) is 11.3 Å². The Bertz CT molecular complexity index is 563. The number of hydrogen-bond acceptors (Lipinski definition) is 4. The van der Waals surface area contributed by atoms with Gasteiger partial charge < -0.3 is 4.74 Å². The second-order valence-electron chi connectivity index (χ2n) is 4.68. The third kappa shape index (κ3) is 3.74. The molecule has 0 atom stereocenters. The minimum atomic E-state index is 0.670. The molecule has 0 spiro atoms. The Hall–Kier alpha value is -1.000. The molecule has 0 aliphatic heterocycles. The van der Waals surface area contributed by atoms with Crippen LogP contribution in [0.2, 0.25) is 0 Å². The first-order valence-corrected chi connectivity index (χ1v) is 7.80. The first-order valence-electron chi connectivity index (χ1n) is 6.35. The van der Waals surface area contributed by atoms with Gasteiger partial charge in [-0.3, -0.25) is 0 Å². The molecule has 0 bridgehead atoms. The smallest absolute Gasteiger partial charge is 0.122 e. The molecule has 4 heteroatoms. The highest BCUT2D eigenvalue weighted by Gasteiger charge is 2.05. The van der Waals surface area contributed by atoms with Gasteiger partial charge in [-0.25, -0.2) is 4.98 Å². The Kier molecular flexibility index (Phi) is 4.88. The van der Waals surface area contributed by atoms with Gasteiger partial charge in [0.05, 0.1) is 11.6 Å². The number of ether oxygens (including phenoxy) is 1. The Morgan fingerprint density at radius 3 is 2.74 bits per heavy atom. The third-order valence-electron chi connectivity index (χ3n) is 3.09. The second kappa shape index (κ2) is 6.44. The molecule has 102 valence electrons. The monoisotopic (exact) mass is 293 g/mol. The van der Waals surface area contributed by atoms with Crippen LogP contribution in [-0.2, 0) is 12.2 Å². The molecule has 0 aliphatic carbocycles. The predicted molar refractivity (Wildman–Crippen MR) is 84.7 cm³/mol. The van der Waals surface area contributed by atoms with Crippen LogP contribution in [0.1, 0.15) is 26.6 Å². The Morgan fingerprint density at radius 1 is 1.26 bits per heavy atom. The van der Waals surface area contributed by atoms with E-state index in [1.165, 1.54) is 21.6 Å². The molecule has 0 saturated carbocycles. The molecular formula is C15H19NOS2. The van der Waals surface area contributed by atoms with Crippen LogP contribution in [0.25, 0.3) is 0 Å². The van der Waals surface area contributed by atoms with Crippen molar-refractivity contribution in [2.45, 2.75) is 32.9 Å². The van der Waals surface area contributed by atoms with Gasteiger partial charge in [0.25, 0.3) is 0 Å². The molecule has 2 aromatic rings. The average molecular weight is 293 g/mol. The highest BCUT2D eigenvalue weighted by atomic mass is 32.1. The summed E-state index contributed by atoms with van der Waals surface area (Å²) in [5.74, 6) is 1.75. The quantitative estimate of drug-likeness (QED) is 0.838. The van der Waals surface area contributed by atoms with Gasteiger partial charge in [0.15, 0.2) is 0 Å². The molecule has 0 amide bonds. The van der Waals surface area contributed by atoms with Gasteiger partial charge in [-0.2, -0.15) is 12.6 Å². The van der Waals surface area contributed by atoms with Crippen molar-refractivity contribution in [3.63, 3.8) is 0 Å². The number of hydrogen-bond donors (Lipinski definition) is 1. The zero-order valence-electron chi connectivity index (χ0n) is 11.6. The van der Waals surface area contributed by atoms with E-state index in [1.807, 2.05) is 6.20 Å². The Balaban J connectivity index is 1.95. The SMILES string of the molecule is Cc1cc(C)c(C)c(OCCc2ncc(CS)s2)c1. The molecule has 1 aromatic heterocycles. The maximum absolute atomic E-state index is 5.89. The van der Waals surface area contributed by atoms with Crippen LogP contribution in [0.15, 0.2) is 18.3 Å². The number of aryl methyl sites for hydroxylation is 2. The molecular weight excluding hydrogens is 274 g/mol. The van der Waals surface area contributed by atoms with E-state index in [-0.39, 0.29) is 0 Å². The lowest BCUT2D eigenvalue weighted by atomic mass is 10.1. The average Bonchev–Trinajstić information content (AvgIpc) is 2.83. The molecule has 0 aliphatic rings. The van der Waals surface area contributed by atoms with Crippen LogP contribution < -0.4 is 4.74 Å². The summed E-state index contributed by atoms with van der Waals surface area (Å²) in [7, 11) is 0. The van der Waals surface area contributed by atoms with Crippen LogP contribution in [0.3, 0.4) is 0 Å². The van der Waals surface area contributed by atoms with Crippen molar-refractivity contribution in [1.82, 2.24) is 4.98 Å². The fraction of sp³-hybridized carbons (Fsp3) is 0.400. The first kappa shape index (κ1) is 14.4. The molecule has 1 heterocycles. The number of rotatable bonds is 5. The van der Waals surface area contributed by atoms with Gasteiger partial charge >= 0.3 is 0 Å². The fourth-order valence-corrected chi connectivity index (χ4v) is 2.97. The van der Waals surface area contributed by atoms with E-state index in [1.54, 1.807) is 11.3 Å². The van der Waals surface area contributed by atoms with E-state index in [0.717, 1.165) is 22.9 Å². The van der Waals surface area contributed by atoms with E-state index in [0.29, 0.717) is 6.61 Å². The maximum atomic E-state index is 5.89. The fourth-order valence-electron chi connectivity index (χ4n) is 1.94. The second-order valence-corrected chi connectivity index (χ2v) is 6.20. The van der Waals surface area contributed by atoms with Crippen LogP contribution in [0, 0.1) is 20.8 Å². The van der Waals surface area contributed by atoms with Crippen molar-refractivity contribution in [2.24, 2.45) is 0 Å². The predicted octanol–water partition coefficient (Wildman–Crippen LogP) is 4.12. The largest absolute Gasteiger partial charge is 0.493 e. The summed E-state index contributed by atoms with van der Waals surface area (Å²) >= 11 is 5.96. The highest BCUT2D eigenvalue weighted by Crippen LogP contribution is 2.23. The maximum Gasteiger partial charge on any atom is 0.122 e. The van der Waals surface area contributed by atoms with Crippen LogP contribution in [-0.4, -0.2) is 11.6 Å². The number of aromatic nitrogens is 1. The van der Waals surface area contributed by atoms with Gasteiger partial charge in [0, 0.05) is 23.2 Å². The van der Waals surface area contributed by atoms with E-state index < -0.39 is 0 Å². The van der Waals surface area contributed by atoms with Crippen molar-refractivity contribution in [2.75, 3.05) is 6.61 Å². The lowest BCUT2D eigenvalue weighted by Crippen LogP contribution is -2.03. The summed E-state index contributed by atoms with van der Waals surface area (Å²) < 4.78 is 5.89. The standard InChI is InChI=1S/C15H19NOS2/c1-10-6-11(2)12(3)14(7-10)17-5-4-15-16-8-13(9-18)19-15/h6-8,18H,4-5,9H2,1-3H3. The third-order valence-corrected chi connectivity index (χ3v) is 4.71. The molecule has 0 fully saturated rings. The number of nitrogens with zero attached hydrogens (tertiary/aromatic N) is 1. The molecule has 0 saturated heterocycles. The van der Waals surface area contributed by atoms with E-state index >= 15 is 0 Å². The van der Waals surface area contributed by atoms with Crippen molar-refractivity contribution < 1.29 is 4.74 Å². The Morgan fingerprint density at radius 2 is 2.05 bits per heavy atom. The summed E-state index contributed by atoms with van der Waals surface area (Å²) in [6.45, 7) is 6.99. The molecule has 0 radical (unpaired) electrons. The van der Waals surface area contributed by atoms with Gasteiger partial charge in [-0.05, 0) is 43.5 Å². The van der Waals surface area contributed by atoms with Crippen LogP contribution in [0.4, 0.5) is 0 Å². The van der Waals surface area contributed by atoms with Crippen LogP contribution in [0.5, 0.6) is 5.75 Å². The molecule has 1 aromatic carbocycles. The number of thiol groups is 1. The lowest BCUT2D eigenvalue weighted by molar-refractivity contribution is 0.319. The van der Waals surface area contributed by atoms with Gasteiger partial charge in [-0.1, -0.05) is 6.07 Å². The summed E-state index contributed by atoms with van der Waals surface area (Å²) in [5, 5.41) is 1.12. The summed E-state index contributed by atoms with van der Waals surface area (Å²) in [4.78, 5) is 5.57. The van der Waals surface area contributed by atoms with E-state index in [2.05, 4.69) is 50.5 Å². The minimum absolute atomic E-state index is 0.670. The molecule has 19 heavy (non-hydrogen) atoms. The summed E-state index contributed by atoms with van der Waals surface area (Å²) in [5.41, 5.74) is 3.74. The first-order chi connectivity index (χ1) is 9.10. The molecule has 0 N–H and O–H groups in total. The molecule has 0 unspecified atom stereocenters. The van der Waals surface area contributed by atoms with Gasteiger partial charge in [0.1, 0.15) is 5.75 Å². The van der Waals surface area contributed by atoms with Gasteiger partial charge in [0.2, 0.25) is 0 Å². The van der Waals surface area contributed by atoms with E-state index in [9.17, 15) is 0 Å². The summed E-state index contributed by atoms with van der Waals surface area (Å²) in [6.07, 6.45) is 2.75. The minimum Gasteiger partial charge on any atom is -0.493 e. The summed E-state index contributed by atoms with van der Waals surface area (Å²) in [6, 6.07) is 4.28. The van der Waals surface area contributed by atoms with Crippen LogP contribution >= 0.6 is 24.0 Å². The van der Waals surface area contributed by atoms with E-state index in [4.69, 9.17) is 4.74 Å². The lowest BCUT2D eigenvalue weighted by Gasteiger charge is -2.11. The topological polar surface area (TPSA) is 22.1 Å². The number of thiazole rings is 1. The normalized spacial score (nSPS) is 10.7. The zero-order valence-corrected chi connectivity index (χ0v) is 13.3. The Labute approximate surface area is 124 Å². The molecule has 2 rings (SSSR count). The zero-order chi connectivity index (χ0) is 13.8. The van der Waals surface area contributed by atoms with Crippen molar-refractivity contribution in [3.05, 3.63) is 44.9 Å². The highest BCUT2D eigenvalue weighted by molar-refractivity contribution is 7.79. The van der Waals surface area contributed by atoms with Crippen molar-refractivity contribution >= 4 is 24.0 Å². The number of benzene rings is 1. The van der Waals surface area contributed by atoms with Crippen molar-refractivity contribution in [3.8, 4) is 5.75 Å².